The lowest BCUT2D eigenvalue weighted by molar-refractivity contribution is 0.376. The standard InChI is InChI=1S/C20H21Cl2N7O/c1-28-20(30-16-4-2-3-14(21)7-16)25-19(27-28)24-18-12-5-6-13(18)11-29(10-12)15-8-17(22)26-23-9-15/h2-4,7-9,12-13,18H,5-6,10-11H2,1H3,(H,24,27)/t12-,13+,18?. The highest BCUT2D eigenvalue weighted by molar-refractivity contribution is 6.30. The summed E-state index contributed by atoms with van der Waals surface area (Å²) < 4.78 is 7.48. The van der Waals surface area contributed by atoms with Gasteiger partial charge in [0.05, 0.1) is 11.9 Å². The van der Waals surface area contributed by atoms with Crippen LogP contribution in [0.1, 0.15) is 12.8 Å². The Labute approximate surface area is 184 Å². The maximum Gasteiger partial charge on any atom is 0.321 e. The maximum absolute atomic E-state index is 6.03. The zero-order valence-corrected chi connectivity index (χ0v) is 17.9. The lowest BCUT2D eigenvalue weighted by Gasteiger charge is -2.39. The molecule has 5 rings (SSSR count). The summed E-state index contributed by atoms with van der Waals surface area (Å²) in [4.78, 5) is 6.89. The molecule has 1 N–H and O–H groups in total. The first-order valence-electron chi connectivity index (χ1n) is 9.89. The van der Waals surface area contributed by atoms with Crippen LogP contribution in [0.25, 0.3) is 0 Å². The van der Waals surface area contributed by atoms with Gasteiger partial charge in [-0.25, -0.2) is 4.68 Å². The number of anilines is 2. The van der Waals surface area contributed by atoms with Crippen molar-refractivity contribution in [1.82, 2.24) is 25.0 Å². The van der Waals surface area contributed by atoms with E-state index in [4.69, 9.17) is 27.9 Å². The number of hydrogen-bond acceptors (Lipinski definition) is 7. The summed E-state index contributed by atoms with van der Waals surface area (Å²) in [6.45, 7) is 1.88. The van der Waals surface area contributed by atoms with E-state index in [1.165, 1.54) is 12.8 Å². The van der Waals surface area contributed by atoms with E-state index < -0.39 is 0 Å². The number of nitrogens with zero attached hydrogens (tertiary/aromatic N) is 6. The van der Waals surface area contributed by atoms with E-state index in [1.807, 2.05) is 25.2 Å². The van der Waals surface area contributed by atoms with Gasteiger partial charge in [-0.05, 0) is 42.9 Å². The normalized spacial score (nSPS) is 22.9. The number of aromatic nitrogens is 5. The van der Waals surface area contributed by atoms with Gasteiger partial charge in [-0.2, -0.15) is 10.1 Å². The predicted molar refractivity (Wildman–Crippen MR) is 115 cm³/mol. The Bertz CT molecular complexity index is 1050. The van der Waals surface area contributed by atoms with Crippen LogP contribution >= 0.6 is 23.2 Å². The molecule has 156 valence electrons. The first kappa shape index (κ1) is 19.4. The van der Waals surface area contributed by atoms with E-state index >= 15 is 0 Å². The van der Waals surface area contributed by atoms with Gasteiger partial charge >= 0.3 is 6.01 Å². The van der Waals surface area contributed by atoms with Gasteiger partial charge < -0.3 is 15.0 Å². The van der Waals surface area contributed by atoms with E-state index in [1.54, 1.807) is 23.0 Å². The van der Waals surface area contributed by atoms with Gasteiger partial charge in [0.1, 0.15) is 5.75 Å². The van der Waals surface area contributed by atoms with Crippen molar-refractivity contribution in [2.45, 2.75) is 18.9 Å². The zero-order valence-electron chi connectivity index (χ0n) is 16.4. The van der Waals surface area contributed by atoms with E-state index in [-0.39, 0.29) is 0 Å². The fourth-order valence-corrected chi connectivity index (χ4v) is 4.81. The monoisotopic (exact) mass is 445 g/mol. The van der Waals surface area contributed by atoms with Crippen molar-refractivity contribution >= 4 is 34.8 Å². The van der Waals surface area contributed by atoms with Crippen molar-refractivity contribution in [3.8, 4) is 11.8 Å². The summed E-state index contributed by atoms with van der Waals surface area (Å²) >= 11 is 12.1. The van der Waals surface area contributed by atoms with E-state index in [0.29, 0.717) is 45.8 Å². The topological polar surface area (TPSA) is 81.0 Å². The predicted octanol–water partition coefficient (Wildman–Crippen LogP) is 4.03. The first-order chi connectivity index (χ1) is 14.5. The fraction of sp³-hybridized carbons (Fsp3) is 0.400. The lowest BCUT2D eigenvalue weighted by Crippen LogP contribution is -2.48. The highest BCUT2D eigenvalue weighted by Crippen LogP contribution is 2.40. The average Bonchev–Trinajstić information content (AvgIpc) is 3.16. The van der Waals surface area contributed by atoms with Crippen LogP contribution in [0.4, 0.5) is 11.6 Å². The first-order valence-corrected chi connectivity index (χ1v) is 10.6. The second-order valence-corrected chi connectivity index (χ2v) is 8.63. The molecule has 2 fully saturated rings. The Morgan fingerprint density at radius 1 is 1.13 bits per heavy atom. The zero-order chi connectivity index (χ0) is 20.7. The molecule has 0 amide bonds. The van der Waals surface area contributed by atoms with Crippen LogP contribution in [0, 0.1) is 11.8 Å². The van der Waals surface area contributed by atoms with Crippen LogP contribution in [0.5, 0.6) is 11.8 Å². The number of piperidine rings is 1. The molecular weight excluding hydrogens is 425 g/mol. The van der Waals surface area contributed by atoms with Gasteiger partial charge in [0, 0.05) is 37.3 Å². The summed E-state index contributed by atoms with van der Waals surface area (Å²) in [6.07, 6.45) is 4.12. The third-order valence-electron chi connectivity index (χ3n) is 5.83. The van der Waals surface area contributed by atoms with Crippen LogP contribution in [0.2, 0.25) is 10.2 Å². The van der Waals surface area contributed by atoms with Crippen LogP contribution in [-0.2, 0) is 7.05 Å². The van der Waals surface area contributed by atoms with Crippen molar-refractivity contribution in [3.63, 3.8) is 0 Å². The van der Waals surface area contributed by atoms with E-state index in [9.17, 15) is 0 Å². The molecule has 1 aliphatic carbocycles. The van der Waals surface area contributed by atoms with Crippen molar-refractivity contribution in [2.24, 2.45) is 18.9 Å². The average molecular weight is 446 g/mol. The molecule has 1 aromatic carbocycles. The number of benzene rings is 1. The Morgan fingerprint density at radius 3 is 2.67 bits per heavy atom. The number of nitrogens with one attached hydrogen (secondary N) is 1. The number of ether oxygens (including phenoxy) is 1. The summed E-state index contributed by atoms with van der Waals surface area (Å²) in [5, 5.41) is 16.9. The third-order valence-corrected chi connectivity index (χ3v) is 6.25. The minimum absolute atomic E-state index is 0.327. The second-order valence-electron chi connectivity index (χ2n) is 7.81. The molecule has 3 heterocycles. The lowest BCUT2D eigenvalue weighted by atomic mass is 9.92. The minimum Gasteiger partial charge on any atom is -0.424 e. The Hall–Kier alpha value is -2.58. The van der Waals surface area contributed by atoms with Gasteiger partial charge in [0.25, 0.3) is 0 Å². The Balaban J connectivity index is 1.28. The molecule has 8 nitrogen and oxygen atoms in total. The SMILES string of the molecule is Cn1nc(NC2[C@@H]3CC[C@H]2CN(c2cnnc(Cl)c2)C3)nc1Oc1cccc(Cl)c1. The summed E-state index contributed by atoms with van der Waals surface area (Å²) in [6, 6.07) is 9.85. The maximum atomic E-state index is 6.03. The van der Waals surface area contributed by atoms with E-state index in [0.717, 1.165) is 18.8 Å². The number of fused-ring (bicyclic) bond motifs is 2. The fourth-order valence-electron chi connectivity index (χ4n) is 4.48. The molecule has 0 radical (unpaired) electrons. The molecule has 3 aromatic rings. The Kier molecular flexibility index (Phi) is 5.12. The quantitative estimate of drug-likeness (QED) is 0.634. The van der Waals surface area contributed by atoms with Crippen molar-refractivity contribution in [1.29, 1.82) is 0 Å². The van der Waals surface area contributed by atoms with Gasteiger partial charge in [-0.3, -0.25) is 0 Å². The van der Waals surface area contributed by atoms with E-state index in [2.05, 4.69) is 30.5 Å². The molecule has 1 saturated heterocycles. The second kappa shape index (κ2) is 7.92. The molecule has 2 bridgehead atoms. The molecule has 30 heavy (non-hydrogen) atoms. The highest BCUT2D eigenvalue weighted by atomic mass is 35.5. The molecule has 1 saturated carbocycles. The van der Waals surface area contributed by atoms with Gasteiger partial charge in [-0.1, -0.05) is 29.3 Å². The largest absolute Gasteiger partial charge is 0.424 e. The van der Waals surface area contributed by atoms with Crippen molar-refractivity contribution in [2.75, 3.05) is 23.3 Å². The molecule has 3 atom stereocenters. The van der Waals surface area contributed by atoms with Gasteiger partial charge in [0.2, 0.25) is 5.95 Å². The van der Waals surface area contributed by atoms with Gasteiger partial charge in [0.15, 0.2) is 5.15 Å². The minimum atomic E-state index is 0.327. The molecule has 2 aliphatic rings. The summed E-state index contributed by atoms with van der Waals surface area (Å²) in [5.41, 5.74) is 1.03. The summed E-state index contributed by atoms with van der Waals surface area (Å²) in [5.74, 6) is 2.20. The number of hydrogen-bond donors (Lipinski definition) is 1. The number of rotatable bonds is 5. The molecular formula is C20H21Cl2N7O. The van der Waals surface area contributed by atoms with Crippen LogP contribution < -0.4 is 15.0 Å². The molecule has 1 aliphatic heterocycles. The number of halogens is 2. The van der Waals surface area contributed by atoms with Gasteiger partial charge in [-0.15, -0.1) is 10.2 Å². The molecule has 10 heteroatoms. The number of aryl methyl sites for hydroxylation is 1. The van der Waals surface area contributed by atoms with Crippen LogP contribution in [0.3, 0.4) is 0 Å². The molecule has 1 unspecified atom stereocenters. The summed E-state index contributed by atoms with van der Waals surface area (Å²) in [7, 11) is 1.81. The Morgan fingerprint density at radius 2 is 1.93 bits per heavy atom. The highest BCUT2D eigenvalue weighted by Gasteiger charge is 2.42. The molecule has 0 spiro atoms. The van der Waals surface area contributed by atoms with Crippen molar-refractivity contribution in [3.05, 3.63) is 46.7 Å². The third kappa shape index (κ3) is 3.89. The van der Waals surface area contributed by atoms with Crippen LogP contribution in [-0.4, -0.2) is 44.1 Å². The smallest absolute Gasteiger partial charge is 0.321 e. The van der Waals surface area contributed by atoms with Crippen molar-refractivity contribution < 1.29 is 4.74 Å². The van der Waals surface area contributed by atoms with Crippen LogP contribution in [0.15, 0.2) is 36.5 Å². The molecule has 2 aromatic heterocycles.